The lowest BCUT2D eigenvalue weighted by molar-refractivity contribution is -0.124. The van der Waals surface area contributed by atoms with Crippen molar-refractivity contribution >= 4 is 35.3 Å². The van der Waals surface area contributed by atoms with Crippen molar-refractivity contribution in [3.8, 4) is 17.6 Å². The number of nitrogens with one attached hydrogen (secondary N) is 1. The second-order valence-corrected chi connectivity index (χ2v) is 13.9. The molecule has 2 heterocycles. The van der Waals surface area contributed by atoms with Gasteiger partial charge in [0.15, 0.2) is 12.9 Å². The molecule has 7 N–H and O–H groups in total. The van der Waals surface area contributed by atoms with Gasteiger partial charge in [-0.15, -0.1) is 0 Å². The Labute approximate surface area is 280 Å². The Morgan fingerprint density at radius 2 is 1.88 bits per heavy atom. The normalized spacial score (nSPS) is 22.6. The van der Waals surface area contributed by atoms with Crippen LogP contribution in [0.15, 0.2) is 40.2 Å². The van der Waals surface area contributed by atoms with Gasteiger partial charge < -0.3 is 48.7 Å². The van der Waals surface area contributed by atoms with Gasteiger partial charge in [0.2, 0.25) is 0 Å². The van der Waals surface area contributed by atoms with Gasteiger partial charge in [-0.1, -0.05) is 22.1 Å². The Hall–Kier alpha value is -4.03. The first-order chi connectivity index (χ1) is 23.5. The maximum Gasteiger partial charge on any atom is 0.490 e. The molecule has 3 rings (SSSR count). The molecule has 0 spiro atoms. The predicted octanol–water partition coefficient (Wildman–Crippen LogP) is 1.33. The van der Waals surface area contributed by atoms with Crippen molar-refractivity contribution in [2.75, 3.05) is 27.1 Å². The number of nitrogens with zero attached hydrogens (tertiary/aromatic N) is 7. The number of hydrogen-bond acceptors (Lipinski definition) is 16. The molecule has 0 aliphatic carbocycles. The summed E-state index contributed by atoms with van der Waals surface area (Å²) in [6.45, 7) is -2.08. The highest BCUT2D eigenvalue weighted by Crippen LogP contribution is 2.66. The van der Waals surface area contributed by atoms with E-state index in [2.05, 4.69) is 50.4 Å². The number of ether oxygens (including phenoxy) is 4. The third-order valence-electron chi connectivity index (χ3n) is 6.20. The molecule has 28 heteroatoms. The van der Waals surface area contributed by atoms with E-state index in [1.165, 1.54) is 36.4 Å². The van der Waals surface area contributed by atoms with Gasteiger partial charge in [0.25, 0.3) is 5.91 Å². The summed E-state index contributed by atoms with van der Waals surface area (Å²) in [5.41, 5.74) is 23.5. The van der Waals surface area contributed by atoms with Gasteiger partial charge in [0, 0.05) is 22.4 Å². The molecule has 0 radical (unpaired) electrons. The van der Waals surface area contributed by atoms with Gasteiger partial charge in [-0.3, -0.25) is 15.1 Å². The SMILES string of the molecule is COc1ccc(C(=O)OCC#CC2=CN([C@H]3CC(OCN=[N+]=[N-])[C@@H](COP(=O)(O)OP(=O)(O)OP(=O)(O)O)O3)C(N)NC2=O)c(CN=[N+]=[N-])c1. The van der Waals surface area contributed by atoms with Crippen LogP contribution in [0, 0.1) is 11.8 Å². The zero-order valence-electron chi connectivity index (χ0n) is 25.4. The lowest BCUT2D eigenvalue weighted by Crippen LogP contribution is -2.58. The molecular weight excluding hydrogens is 739 g/mol. The van der Waals surface area contributed by atoms with Crippen LogP contribution in [-0.2, 0) is 52.4 Å². The van der Waals surface area contributed by atoms with Crippen molar-refractivity contribution in [2.24, 2.45) is 16.0 Å². The summed E-state index contributed by atoms with van der Waals surface area (Å²) in [5.74, 6) is 3.95. The highest BCUT2D eigenvalue weighted by atomic mass is 31.3. The van der Waals surface area contributed by atoms with Crippen LogP contribution in [-0.4, -0.2) is 88.1 Å². The number of rotatable bonds is 16. The number of nitrogens with two attached hydrogens (primary N) is 1. The van der Waals surface area contributed by atoms with E-state index in [1.807, 2.05) is 0 Å². The van der Waals surface area contributed by atoms with Crippen molar-refractivity contribution in [2.45, 2.75) is 37.7 Å². The van der Waals surface area contributed by atoms with Gasteiger partial charge in [-0.2, -0.15) is 8.62 Å². The molecule has 1 saturated heterocycles. The van der Waals surface area contributed by atoms with Crippen molar-refractivity contribution in [1.29, 1.82) is 0 Å². The third-order valence-corrected chi connectivity index (χ3v) is 10.0. The van der Waals surface area contributed by atoms with E-state index >= 15 is 0 Å². The number of methoxy groups -OCH3 is 1. The van der Waals surface area contributed by atoms with Crippen LogP contribution in [0.1, 0.15) is 22.3 Å². The maximum absolute atomic E-state index is 12.7. The number of carbonyl (C=O) groups excluding carboxylic acids is 2. The van der Waals surface area contributed by atoms with E-state index in [-0.39, 0.29) is 24.1 Å². The topological polar surface area (TPSA) is 370 Å². The minimum atomic E-state index is -5.79. The average molecular weight is 767 g/mol. The first-order valence-corrected chi connectivity index (χ1v) is 18.0. The average Bonchev–Trinajstić information content (AvgIpc) is 3.42. The quantitative estimate of drug-likeness (QED) is 0.0345. The Balaban J connectivity index is 1.72. The van der Waals surface area contributed by atoms with Crippen LogP contribution in [0.5, 0.6) is 5.75 Å². The van der Waals surface area contributed by atoms with Gasteiger partial charge in [-0.25, -0.2) is 18.5 Å². The fourth-order valence-electron chi connectivity index (χ4n) is 4.21. The molecule has 2 aliphatic heterocycles. The number of azide groups is 2. The van der Waals surface area contributed by atoms with Crippen LogP contribution in [0.2, 0.25) is 0 Å². The number of hydrogen-bond donors (Lipinski definition) is 6. The summed E-state index contributed by atoms with van der Waals surface area (Å²) in [5, 5.41) is 9.09. The van der Waals surface area contributed by atoms with Crippen molar-refractivity contribution in [1.82, 2.24) is 10.2 Å². The summed E-state index contributed by atoms with van der Waals surface area (Å²) < 4.78 is 68.2. The molecule has 1 aromatic carbocycles. The number of carbonyl (C=O) groups is 2. The van der Waals surface area contributed by atoms with Crippen molar-refractivity contribution in [3.63, 3.8) is 0 Å². The molecule has 272 valence electrons. The fraction of sp³-hybridized carbons (Fsp3) is 0.455. The zero-order valence-corrected chi connectivity index (χ0v) is 28.1. The zero-order chi connectivity index (χ0) is 37.1. The standard InChI is InChI=1S/C22H28N9O16P3/c1-41-15-4-5-16(14(7-15)9-26-29-24)21(33)42-6-2-3-13-10-31(22(23)28-20(13)32)19-8-17(43-12-27-30-25)18(45-19)11-44-49(37,38)47-50(39,40)46-48(34,35)36/h4-5,7,10,17-19,22H,6,8-9,11-12,23H2,1H3,(H,28,32)(H,37,38)(H,39,40)(H2,34,35,36)/t17?,18-,19-,22?/m1/s1. The van der Waals surface area contributed by atoms with E-state index in [1.54, 1.807) is 0 Å². The Bertz CT molecular complexity index is 1780. The smallest absolute Gasteiger partial charge is 0.490 e. The summed E-state index contributed by atoms with van der Waals surface area (Å²) in [7, 11) is -15.5. The molecule has 25 nitrogen and oxygen atoms in total. The van der Waals surface area contributed by atoms with Crippen LogP contribution >= 0.6 is 23.5 Å². The van der Waals surface area contributed by atoms with E-state index in [9.17, 15) is 33.1 Å². The number of phosphoric acid groups is 3. The Morgan fingerprint density at radius 1 is 1.16 bits per heavy atom. The molecular formula is C22H28N9O16P3. The summed E-state index contributed by atoms with van der Waals surface area (Å²) in [6.07, 6.45) is -3.55. The second kappa shape index (κ2) is 17.8. The van der Waals surface area contributed by atoms with Gasteiger partial charge in [0.1, 0.15) is 30.4 Å². The molecule has 6 atom stereocenters. The molecule has 1 aromatic rings. The van der Waals surface area contributed by atoms with Gasteiger partial charge >= 0.3 is 29.4 Å². The van der Waals surface area contributed by atoms with E-state index < -0.39 is 80.0 Å². The van der Waals surface area contributed by atoms with Crippen LogP contribution in [0.3, 0.4) is 0 Å². The van der Waals surface area contributed by atoms with Crippen LogP contribution < -0.4 is 15.8 Å². The number of phosphoric ester groups is 1. The number of esters is 1. The van der Waals surface area contributed by atoms with Crippen molar-refractivity contribution in [3.05, 3.63) is 62.0 Å². The molecule has 0 bridgehead atoms. The van der Waals surface area contributed by atoms with E-state index in [0.29, 0.717) is 11.3 Å². The fourth-order valence-corrected chi connectivity index (χ4v) is 7.24. The van der Waals surface area contributed by atoms with E-state index in [4.69, 9.17) is 45.5 Å². The van der Waals surface area contributed by atoms with Crippen LogP contribution in [0.4, 0.5) is 0 Å². The molecule has 0 aromatic heterocycles. The first-order valence-electron chi connectivity index (χ1n) is 13.4. The third kappa shape index (κ3) is 12.4. The first kappa shape index (κ1) is 40.4. The number of amides is 1. The molecule has 1 amide bonds. The summed E-state index contributed by atoms with van der Waals surface area (Å²) in [4.78, 5) is 68.3. The summed E-state index contributed by atoms with van der Waals surface area (Å²) in [6, 6.07) is 4.41. The van der Waals surface area contributed by atoms with Gasteiger partial charge in [-0.05, 0) is 34.8 Å². The Morgan fingerprint density at radius 3 is 2.54 bits per heavy atom. The second-order valence-electron chi connectivity index (χ2n) is 9.51. The summed E-state index contributed by atoms with van der Waals surface area (Å²) >= 11 is 0. The highest BCUT2D eigenvalue weighted by molar-refractivity contribution is 7.66. The monoisotopic (exact) mass is 767 g/mol. The highest BCUT2D eigenvalue weighted by Gasteiger charge is 2.45. The molecule has 0 saturated carbocycles. The lowest BCUT2D eigenvalue weighted by Gasteiger charge is -2.36. The molecule has 1 fully saturated rings. The molecule has 4 unspecified atom stereocenters. The van der Waals surface area contributed by atoms with Gasteiger partial charge in [0.05, 0.1) is 31.9 Å². The van der Waals surface area contributed by atoms with Crippen LogP contribution in [0.25, 0.3) is 20.9 Å². The Kier molecular flexibility index (Phi) is 14.3. The molecule has 2 aliphatic rings. The predicted molar refractivity (Wildman–Crippen MR) is 162 cm³/mol. The largest absolute Gasteiger partial charge is 0.497 e. The lowest BCUT2D eigenvalue weighted by atomic mass is 10.1. The minimum Gasteiger partial charge on any atom is -0.497 e. The maximum atomic E-state index is 12.7. The minimum absolute atomic E-state index is 0.0879. The molecule has 50 heavy (non-hydrogen) atoms. The van der Waals surface area contributed by atoms with E-state index in [0.717, 1.165) is 0 Å². The number of benzene rings is 1. The van der Waals surface area contributed by atoms with Crippen molar-refractivity contribution < 1.29 is 75.0 Å².